The Balaban J connectivity index is 2.75. The molecule has 3 heteroatoms. The van der Waals surface area contributed by atoms with Gasteiger partial charge < -0.3 is 9.64 Å². The van der Waals surface area contributed by atoms with E-state index in [9.17, 15) is 4.79 Å². The number of carbonyl (C=O) groups excluding carboxylic acids is 1. The summed E-state index contributed by atoms with van der Waals surface area (Å²) < 4.78 is 5.76. The molecule has 0 aromatic carbocycles. The van der Waals surface area contributed by atoms with Crippen LogP contribution in [0.3, 0.4) is 0 Å². The topological polar surface area (TPSA) is 29.5 Å². The molecule has 1 amide bonds. The zero-order valence-corrected chi connectivity index (χ0v) is 11.7. The summed E-state index contributed by atoms with van der Waals surface area (Å²) in [6.07, 6.45) is 3.63. The van der Waals surface area contributed by atoms with Crippen molar-refractivity contribution in [1.82, 2.24) is 4.90 Å². The second-order valence-electron chi connectivity index (χ2n) is 5.64. The van der Waals surface area contributed by atoms with Gasteiger partial charge in [-0.25, -0.2) is 0 Å². The highest BCUT2D eigenvalue weighted by Crippen LogP contribution is 2.33. The van der Waals surface area contributed by atoms with E-state index in [-0.39, 0.29) is 17.6 Å². The molecule has 1 saturated heterocycles. The van der Waals surface area contributed by atoms with Crippen LogP contribution in [0.1, 0.15) is 47.5 Å². The van der Waals surface area contributed by atoms with Gasteiger partial charge in [0.2, 0.25) is 5.91 Å². The van der Waals surface area contributed by atoms with E-state index in [0.717, 1.165) is 13.0 Å². The fourth-order valence-electron chi connectivity index (χ4n) is 2.14. The lowest BCUT2D eigenvalue weighted by atomic mass is 9.85. The fourth-order valence-corrected chi connectivity index (χ4v) is 2.14. The number of ether oxygens (including phenoxy) is 1. The molecule has 1 heterocycles. The van der Waals surface area contributed by atoms with E-state index in [1.807, 2.05) is 11.8 Å². The second-order valence-corrected chi connectivity index (χ2v) is 5.64. The normalized spacial score (nSPS) is 20.5. The number of allylic oxidation sites excluding steroid dienone is 2. The Labute approximate surface area is 105 Å². The summed E-state index contributed by atoms with van der Waals surface area (Å²) >= 11 is 0. The Morgan fingerprint density at radius 1 is 1.47 bits per heavy atom. The van der Waals surface area contributed by atoms with E-state index in [2.05, 4.69) is 33.8 Å². The van der Waals surface area contributed by atoms with Crippen molar-refractivity contribution in [1.29, 1.82) is 0 Å². The highest BCUT2D eigenvalue weighted by Gasteiger charge is 2.39. The Morgan fingerprint density at radius 3 is 2.65 bits per heavy atom. The predicted molar refractivity (Wildman–Crippen MR) is 69.6 cm³/mol. The number of rotatable bonds is 4. The molecule has 1 unspecified atom stereocenters. The third-order valence-electron chi connectivity index (χ3n) is 3.22. The summed E-state index contributed by atoms with van der Waals surface area (Å²) in [6.45, 7) is 11.8. The van der Waals surface area contributed by atoms with Crippen molar-refractivity contribution < 1.29 is 9.53 Å². The minimum atomic E-state index is -0.0782. The molecule has 98 valence electrons. The highest BCUT2D eigenvalue weighted by atomic mass is 16.5. The van der Waals surface area contributed by atoms with E-state index in [4.69, 9.17) is 4.74 Å². The molecule has 17 heavy (non-hydrogen) atoms. The molecule has 0 saturated carbocycles. The maximum atomic E-state index is 11.8. The number of carbonyl (C=O) groups is 1. The summed E-state index contributed by atoms with van der Waals surface area (Å²) in [6, 6.07) is 0. The molecule has 1 rings (SSSR count). The number of hydrogen-bond acceptors (Lipinski definition) is 2. The average molecular weight is 239 g/mol. The minimum Gasteiger partial charge on any atom is -0.356 e. The monoisotopic (exact) mass is 239 g/mol. The largest absolute Gasteiger partial charge is 0.356 e. The van der Waals surface area contributed by atoms with Gasteiger partial charge in [0.05, 0.1) is 6.61 Å². The van der Waals surface area contributed by atoms with E-state index < -0.39 is 0 Å². The molecule has 1 atom stereocenters. The quantitative estimate of drug-likeness (QED) is 0.706. The maximum absolute atomic E-state index is 11.8. The summed E-state index contributed by atoms with van der Waals surface area (Å²) in [5, 5.41) is 0. The van der Waals surface area contributed by atoms with Crippen molar-refractivity contribution in [3.05, 3.63) is 11.6 Å². The molecule has 0 aromatic heterocycles. The molecular weight excluding hydrogens is 214 g/mol. The Kier molecular flexibility index (Phi) is 4.75. The lowest BCUT2D eigenvalue weighted by molar-refractivity contribution is -0.142. The molecular formula is C14H25NO2. The molecule has 0 aliphatic carbocycles. The summed E-state index contributed by atoms with van der Waals surface area (Å²) in [5.74, 6) is 0.192. The van der Waals surface area contributed by atoms with Gasteiger partial charge in [0.15, 0.2) is 0 Å². The standard InChI is InChI=1S/C14H25NO2/c1-6-12(16)15-9-10-17-13(15)14(4,5)8-7-11(2)3/h7,13H,6,8-10H2,1-5H3. The van der Waals surface area contributed by atoms with Crippen molar-refractivity contribution in [2.45, 2.75) is 53.7 Å². The molecule has 1 aliphatic rings. The molecule has 1 fully saturated rings. The lowest BCUT2D eigenvalue weighted by Crippen LogP contribution is -2.44. The fraction of sp³-hybridized carbons (Fsp3) is 0.786. The van der Waals surface area contributed by atoms with Crippen LogP contribution in [0.4, 0.5) is 0 Å². The van der Waals surface area contributed by atoms with Gasteiger partial charge in [-0.1, -0.05) is 32.4 Å². The van der Waals surface area contributed by atoms with Crippen molar-refractivity contribution in [3.8, 4) is 0 Å². The van der Waals surface area contributed by atoms with Crippen LogP contribution in [-0.2, 0) is 9.53 Å². The smallest absolute Gasteiger partial charge is 0.224 e. The van der Waals surface area contributed by atoms with Crippen molar-refractivity contribution >= 4 is 5.91 Å². The molecule has 0 N–H and O–H groups in total. The van der Waals surface area contributed by atoms with Crippen LogP contribution in [-0.4, -0.2) is 30.2 Å². The van der Waals surface area contributed by atoms with Gasteiger partial charge in [-0.05, 0) is 20.3 Å². The van der Waals surface area contributed by atoms with Gasteiger partial charge in [-0.15, -0.1) is 0 Å². The molecule has 0 aromatic rings. The molecule has 3 nitrogen and oxygen atoms in total. The third kappa shape index (κ3) is 3.56. The van der Waals surface area contributed by atoms with Gasteiger partial charge in [0.25, 0.3) is 0 Å². The van der Waals surface area contributed by atoms with Crippen LogP contribution in [0.5, 0.6) is 0 Å². The van der Waals surface area contributed by atoms with Crippen molar-refractivity contribution in [2.75, 3.05) is 13.2 Å². The van der Waals surface area contributed by atoms with Crippen LogP contribution in [0.2, 0.25) is 0 Å². The van der Waals surface area contributed by atoms with Gasteiger partial charge in [-0.3, -0.25) is 4.79 Å². The molecule has 0 bridgehead atoms. The van der Waals surface area contributed by atoms with Gasteiger partial charge in [0, 0.05) is 18.4 Å². The molecule has 0 spiro atoms. The maximum Gasteiger partial charge on any atom is 0.224 e. The van der Waals surface area contributed by atoms with E-state index in [1.165, 1.54) is 5.57 Å². The van der Waals surface area contributed by atoms with Gasteiger partial charge in [-0.2, -0.15) is 0 Å². The number of hydrogen-bond donors (Lipinski definition) is 0. The van der Waals surface area contributed by atoms with Gasteiger partial charge >= 0.3 is 0 Å². The first-order chi connectivity index (χ1) is 7.88. The number of amides is 1. The molecule has 1 aliphatic heterocycles. The Hall–Kier alpha value is -0.830. The minimum absolute atomic E-state index is 0.0292. The Bertz CT molecular complexity index is 303. The van der Waals surface area contributed by atoms with E-state index in [1.54, 1.807) is 0 Å². The van der Waals surface area contributed by atoms with Crippen LogP contribution in [0.25, 0.3) is 0 Å². The van der Waals surface area contributed by atoms with E-state index >= 15 is 0 Å². The van der Waals surface area contributed by atoms with Crippen LogP contribution < -0.4 is 0 Å². The SMILES string of the molecule is CCC(=O)N1CCOC1C(C)(C)CC=C(C)C. The highest BCUT2D eigenvalue weighted by molar-refractivity contribution is 5.76. The zero-order chi connectivity index (χ0) is 13.1. The third-order valence-corrected chi connectivity index (χ3v) is 3.22. The van der Waals surface area contributed by atoms with Crippen LogP contribution >= 0.6 is 0 Å². The van der Waals surface area contributed by atoms with Crippen LogP contribution in [0, 0.1) is 5.41 Å². The predicted octanol–water partition coefficient (Wildman–Crippen LogP) is 2.96. The number of nitrogens with zero attached hydrogens (tertiary/aromatic N) is 1. The van der Waals surface area contributed by atoms with Gasteiger partial charge in [0.1, 0.15) is 6.23 Å². The molecule has 0 radical (unpaired) electrons. The lowest BCUT2D eigenvalue weighted by Gasteiger charge is -2.35. The van der Waals surface area contributed by atoms with Crippen LogP contribution in [0.15, 0.2) is 11.6 Å². The van der Waals surface area contributed by atoms with Crippen molar-refractivity contribution in [2.24, 2.45) is 5.41 Å². The first-order valence-electron chi connectivity index (χ1n) is 6.43. The summed E-state index contributed by atoms with van der Waals surface area (Å²) in [5.41, 5.74) is 1.28. The first kappa shape index (κ1) is 14.2. The first-order valence-corrected chi connectivity index (χ1v) is 6.43. The second kappa shape index (κ2) is 5.67. The summed E-state index contributed by atoms with van der Waals surface area (Å²) in [4.78, 5) is 13.7. The Morgan fingerprint density at radius 2 is 2.12 bits per heavy atom. The summed E-state index contributed by atoms with van der Waals surface area (Å²) in [7, 11) is 0. The van der Waals surface area contributed by atoms with E-state index in [0.29, 0.717) is 13.0 Å². The average Bonchev–Trinajstić information content (AvgIpc) is 2.75. The van der Waals surface area contributed by atoms with Crippen molar-refractivity contribution in [3.63, 3.8) is 0 Å². The zero-order valence-electron chi connectivity index (χ0n) is 11.7.